The van der Waals surface area contributed by atoms with Crippen molar-refractivity contribution in [2.75, 3.05) is 13.2 Å². The summed E-state index contributed by atoms with van der Waals surface area (Å²) in [7, 11) is 0. The van der Waals surface area contributed by atoms with Crippen LogP contribution in [0.5, 0.6) is 0 Å². The van der Waals surface area contributed by atoms with Gasteiger partial charge in [0, 0.05) is 6.92 Å². The molecule has 6 heteroatoms. The summed E-state index contributed by atoms with van der Waals surface area (Å²) in [6.07, 6.45) is 0. The van der Waals surface area contributed by atoms with Crippen LogP contribution < -0.4 is 0 Å². The van der Waals surface area contributed by atoms with Gasteiger partial charge in [0.1, 0.15) is 0 Å². The van der Waals surface area contributed by atoms with Crippen LogP contribution >= 0.6 is 0 Å². The third kappa shape index (κ3) is 6.53. The Bertz CT molecular complexity index is 176. The van der Waals surface area contributed by atoms with Gasteiger partial charge in [0.05, 0.1) is 0 Å². The van der Waals surface area contributed by atoms with E-state index in [1.807, 2.05) is 0 Å². The summed E-state index contributed by atoms with van der Waals surface area (Å²) in [5.74, 6) is -2.76. The first-order valence-electron chi connectivity index (χ1n) is 3.03. The number of hydrogen-bond acceptors (Lipinski definition) is 5. The minimum Gasteiger partial charge on any atom is -0.479 e. The first kappa shape index (κ1) is 10.4. The Morgan fingerprint density at radius 3 is 2.17 bits per heavy atom. The van der Waals surface area contributed by atoms with Crippen molar-refractivity contribution in [3.8, 4) is 0 Å². The predicted octanol–water partition coefficient (Wildman–Crippen LogP) is -0.823. The summed E-state index contributed by atoms with van der Waals surface area (Å²) in [5, 5.41) is 8.05. The number of aliphatic carboxylic acids is 1. The van der Waals surface area contributed by atoms with Crippen LogP contribution in [-0.4, -0.2) is 36.2 Å². The van der Waals surface area contributed by atoms with Crippen molar-refractivity contribution in [1.82, 2.24) is 0 Å². The van der Waals surface area contributed by atoms with Crippen LogP contribution in [0.4, 0.5) is 0 Å². The Balaban J connectivity index is 3.47. The highest BCUT2D eigenvalue weighted by molar-refractivity contribution is 5.78. The fraction of sp³-hybridized carbons (Fsp3) is 0.500. The Hall–Kier alpha value is -1.59. The molecule has 1 N–H and O–H groups in total. The molecule has 0 aromatic carbocycles. The van der Waals surface area contributed by atoms with E-state index in [0.29, 0.717) is 0 Å². The number of carboxylic acids is 1. The summed E-state index contributed by atoms with van der Waals surface area (Å²) in [6.45, 7) is -0.146. The second kappa shape index (κ2) is 5.11. The van der Waals surface area contributed by atoms with Crippen molar-refractivity contribution in [3.63, 3.8) is 0 Å². The number of rotatable bonds is 4. The monoisotopic (exact) mass is 176 g/mol. The lowest BCUT2D eigenvalue weighted by Crippen LogP contribution is -2.18. The zero-order valence-corrected chi connectivity index (χ0v) is 6.40. The molecule has 0 aliphatic heterocycles. The van der Waals surface area contributed by atoms with Crippen LogP contribution in [0, 0.1) is 0 Å². The Morgan fingerprint density at radius 1 is 1.17 bits per heavy atom. The number of ether oxygens (including phenoxy) is 2. The zero-order valence-electron chi connectivity index (χ0n) is 6.40. The van der Waals surface area contributed by atoms with Gasteiger partial charge in [-0.25, -0.2) is 9.59 Å². The summed E-state index contributed by atoms with van der Waals surface area (Å²) in [6, 6.07) is 0. The molecule has 0 radical (unpaired) electrons. The summed E-state index contributed by atoms with van der Waals surface area (Å²) in [4.78, 5) is 30.5. The average molecular weight is 176 g/mol. The van der Waals surface area contributed by atoms with Crippen molar-refractivity contribution < 1.29 is 29.0 Å². The average Bonchev–Trinajstić information content (AvgIpc) is 1.96. The Morgan fingerprint density at radius 2 is 1.75 bits per heavy atom. The standard InChI is InChI=1S/C6H8O6/c1-4(7)11-3-6(10)12-2-5(8)9/h2-3H2,1H3,(H,8,9). The molecule has 0 aromatic heterocycles. The lowest BCUT2D eigenvalue weighted by Gasteiger charge is -2.00. The number of carboxylic acid groups (broad SMARTS) is 1. The van der Waals surface area contributed by atoms with Crippen molar-refractivity contribution >= 4 is 17.9 Å². The molecule has 0 rings (SSSR count). The molecule has 0 unspecified atom stereocenters. The van der Waals surface area contributed by atoms with Gasteiger partial charge in [-0.05, 0) is 0 Å². The normalized spacial score (nSPS) is 8.75. The van der Waals surface area contributed by atoms with Gasteiger partial charge < -0.3 is 14.6 Å². The third-order valence-corrected chi connectivity index (χ3v) is 0.750. The smallest absolute Gasteiger partial charge is 0.344 e. The molecule has 0 spiro atoms. The highest BCUT2D eigenvalue weighted by atomic mass is 16.6. The van der Waals surface area contributed by atoms with E-state index in [2.05, 4.69) is 9.47 Å². The molecule has 0 fully saturated rings. The van der Waals surface area contributed by atoms with Crippen LogP contribution in [0.15, 0.2) is 0 Å². The Labute approximate surface area is 68.1 Å². The lowest BCUT2D eigenvalue weighted by atomic mass is 10.7. The van der Waals surface area contributed by atoms with Crippen molar-refractivity contribution in [2.45, 2.75) is 6.92 Å². The van der Waals surface area contributed by atoms with E-state index >= 15 is 0 Å². The zero-order chi connectivity index (χ0) is 9.56. The van der Waals surface area contributed by atoms with Crippen molar-refractivity contribution in [3.05, 3.63) is 0 Å². The minimum atomic E-state index is -1.26. The molecule has 68 valence electrons. The number of carbonyl (C=O) groups is 3. The van der Waals surface area contributed by atoms with Gasteiger partial charge in [0.25, 0.3) is 0 Å². The van der Waals surface area contributed by atoms with Gasteiger partial charge in [-0.2, -0.15) is 0 Å². The molecule has 0 saturated heterocycles. The summed E-state index contributed by atoms with van der Waals surface area (Å²) >= 11 is 0. The SMILES string of the molecule is CC(=O)OCC(=O)OCC(=O)O. The molecule has 0 atom stereocenters. The van der Waals surface area contributed by atoms with E-state index in [-0.39, 0.29) is 0 Å². The van der Waals surface area contributed by atoms with Gasteiger partial charge in [0.2, 0.25) is 0 Å². The van der Waals surface area contributed by atoms with E-state index in [9.17, 15) is 14.4 Å². The second-order valence-electron chi connectivity index (χ2n) is 1.83. The van der Waals surface area contributed by atoms with Gasteiger partial charge in [-0.1, -0.05) is 0 Å². The van der Waals surface area contributed by atoms with Gasteiger partial charge in [0.15, 0.2) is 13.2 Å². The topological polar surface area (TPSA) is 89.9 Å². The quantitative estimate of drug-likeness (QED) is 0.562. The number of esters is 2. The van der Waals surface area contributed by atoms with E-state index in [1.165, 1.54) is 0 Å². The fourth-order valence-electron chi connectivity index (χ4n) is 0.344. The van der Waals surface area contributed by atoms with Gasteiger partial charge in [-0.15, -0.1) is 0 Å². The van der Waals surface area contributed by atoms with Crippen LogP contribution in [0.1, 0.15) is 6.92 Å². The maximum atomic E-state index is 10.5. The van der Waals surface area contributed by atoms with E-state index in [1.54, 1.807) is 0 Å². The first-order chi connectivity index (χ1) is 5.52. The van der Waals surface area contributed by atoms with Gasteiger partial charge in [-0.3, -0.25) is 4.79 Å². The van der Waals surface area contributed by atoms with Crippen molar-refractivity contribution in [2.24, 2.45) is 0 Å². The third-order valence-electron chi connectivity index (χ3n) is 0.750. The highest BCUT2D eigenvalue weighted by Gasteiger charge is 2.06. The summed E-state index contributed by atoms with van der Waals surface area (Å²) in [5.41, 5.74) is 0. The van der Waals surface area contributed by atoms with E-state index < -0.39 is 31.1 Å². The maximum Gasteiger partial charge on any atom is 0.344 e. The molecule has 0 aromatic rings. The molecule has 0 heterocycles. The number of carbonyl (C=O) groups excluding carboxylic acids is 2. The minimum absolute atomic E-state index is 0.553. The van der Waals surface area contributed by atoms with Crippen LogP contribution in [-0.2, 0) is 23.9 Å². The fourth-order valence-corrected chi connectivity index (χ4v) is 0.344. The highest BCUT2D eigenvalue weighted by Crippen LogP contribution is 1.82. The molecule has 0 aliphatic rings. The predicted molar refractivity (Wildman–Crippen MR) is 35.2 cm³/mol. The molecule has 6 nitrogen and oxygen atoms in total. The van der Waals surface area contributed by atoms with Gasteiger partial charge >= 0.3 is 17.9 Å². The first-order valence-corrected chi connectivity index (χ1v) is 3.03. The molecular formula is C6H8O6. The van der Waals surface area contributed by atoms with E-state index in [4.69, 9.17) is 5.11 Å². The second-order valence-corrected chi connectivity index (χ2v) is 1.83. The summed E-state index contributed by atoms with van der Waals surface area (Å²) < 4.78 is 8.37. The van der Waals surface area contributed by atoms with Crippen molar-refractivity contribution in [1.29, 1.82) is 0 Å². The van der Waals surface area contributed by atoms with Crippen LogP contribution in [0.25, 0.3) is 0 Å². The Kier molecular flexibility index (Phi) is 4.43. The maximum absolute atomic E-state index is 10.5. The molecular weight excluding hydrogens is 168 g/mol. The molecule has 0 aliphatic carbocycles. The molecule has 0 bridgehead atoms. The molecule has 12 heavy (non-hydrogen) atoms. The van der Waals surface area contributed by atoms with E-state index in [0.717, 1.165) is 6.92 Å². The number of hydrogen-bond donors (Lipinski definition) is 1. The van der Waals surface area contributed by atoms with Crippen LogP contribution in [0.3, 0.4) is 0 Å². The molecule has 0 saturated carbocycles. The molecule has 0 amide bonds. The van der Waals surface area contributed by atoms with Crippen LogP contribution in [0.2, 0.25) is 0 Å². The largest absolute Gasteiger partial charge is 0.479 e. The lowest BCUT2D eigenvalue weighted by molar-refractivity contribution is -0.162.